The van der Waals surface area contributed by atoms with Gasteiger partial charge in [-0.1, -0.05) is 48.0 Å². The Morgan fingerprint density at radius 3 is 2.50 bits per heavy atom. The lowest BCUT2D eigenvalue weighted by molar-refractivity contribution is -0.136. The van der Waals surface area contributed by atoms with E-state index in [9.17, 15) is 4.79 Å². The van der Waals surface area contributed by atoms with Crippen molar-refractivity contribution in [2.75, 3.05) is 6.61 Å². The average molecular weight is 363 g/mol. The predicted molar refractivity (Wildman–Crippen MR) is 90.5 cm³/mol. The summed E-state index contributed by atoms with van der Waals surface area (Å²) in [5.74, 6) is 1.13. The topological polar surface area (TPSA) is 35.5 Å². The maximum Gasteiger partial charge on any atom is 0.349 e. The Labute approximate surface area is 139 Å². The van der Waals surface area contributed by atoms with E-state index in [1.807, 2.05) is 37.3 Å². The summed E-state index contributed by atoms with van der Waals surface area (Å²) in [6, 6.07) is 13.0. The van der Waals surface area contributed by atoms with E-state index >= 15 is 0 Å². The molecule has 2 aromatic carbocycles. The van der Waals surface area contributed by atoms with E-state index in [4.69, 9.17) is 9.47 Å². The molecular formula is C18H19BrO3. The minimum Gasteiger partial charge on any atom is -0.482 e. The summed E-state index contributed by atoms with van der Waals surface area (Å²) in [7, 11) is 0. The van der Waals surface area contributed by atoms with E-state index in [1.54, 1.807) is 12.1 Å². The molecular weight excluding hydrogens is 344 g/mol. The van der Waals surface area contributed by atoms with Crippen molar-refractivity contribution in [1.29, 1.82) is 0 Å². The molecule has 0 spiro atoms. The van der Waals surface area contributed by atoms with Crippen LogP contribution in [0, 0.1) is 6.92 Å². The van der Waals surface area contributed by atoms with Gasteiger partial charge in [-0.15, -0.1) is 0 Å². The second-order valence-electron chi connectivity index (χ2n) is 5.37. The van der Waals surface area contributed by atoms with Gasteiger partial charge in [0, 0.05) is 4.47 Å². The molecule has 0 aliphatic rings. The van der Waals surface area contributed by atoms with Crippen LogP contribution in [0.1, 0.15) is 30.9 Å². The number of rotatable bonds is 5. The van der Waals surface area contributed by atoms with Crippen LogP contribution in [-0.2, 0) is 4.79 Å². The van der Waals surface area contributed by atoms with Gasteiger partial charge in [0.2, 0.25) is 0 Å². The molecule has 3 nitrogen and oxygen atoms in total. The molecule has 2 rings (SSSR count). The summed E-state index contributed by atoms with van der Waals surface area (Å²) in [6.07, 6.45) is 0. The van der Waals surface area contributed by atoms with Gasteiger partial charge in [0.1, 0.15) is 11.5 Å². The monoisotopic (exact) mass is 362 g/mol. The molecule has 0 amide bonds. The van der Waals surface area contributed by atoms with Gasteiger partial charge >= 0.3 is 5.97 Å². The number of carbonyl (C=O) groups is 1. The highest BCUT2D eigenvalue weighted by Crippen LogP contribution is 2.32. The number of aryl methyl sites for hydroxylation is 1. The van der Waals surface area contributed by atoms with Crippen LogP contribution in [0.5, 0.6) is 11.5 Å². The molecule has 0 N–H and O–H groups in total. The number of carbonyl (C=O) groups excluding carboxylic acids is 1. The Morgan fingerprint density at radius 2 is 1.86 bits per heavy atom. The van der Waals surface area contributed by atoms with Crippen molar-refractivity contribution in [3.05, 3.63) is 58.1 Å². The van der Waals surface area contributed by atoms with E-state index in [-0.39, 0.29) is 6.61 Å². The van der Waals surface area contributed by atoms with Crippen molar-refractivity contribution in [2.24, 2.45) is 0 Å². The molecule has 0 aromatic heterocycles. The van der Waals surface area contributed by atoms with Gasteiger partial charge in [-0.25, -0.2) is 4.79 Å². The van der Waals surface area contributed by atoms with Crippen LogP contribution >= 0.6 is 15.9 Å². The summed E-state index contributed by atoms with van der Waals surface area (Å²) in [5.41, 5.74) is 2.13. The molecule has 0 radical (unpaired) electrons. The number of para-hydroxylation sites is 1. The highest BCUT2D eigenvalue weighted by Gasteiger charge is 2.13. The first-order valence-electron chi connectivity index (χ1n) is 7.16. The summed E-state index contributed by atoms with van der Waals surface area (Å²) in [6.45, 7) is 6.05. The van der Waals surface area contributed by atoms with Crippen LogP contribution in [0.15, 0.2) is 46.9 Å². The highest BCUT2D eigenvalue weighted by molar-refractivity contribution is 9.10. The normalized spacial score (nSPS) is 10.6. The maximum atomic E-state index is 11.9. The van der Waals surface area contributed by atoms with E-state index in [2.05, 4.69) is 29.8 Å². The van der Waals surface area contributed by atoms with Crippen molar-refractivity contribution >= 4 is 21.9 Å². The van der Waals surface area contributed by atoms with Crippen LogP contribution in [0.2, 0.25) is 0 Å². The van der Waals surface area contributed by atoms with Crippen LogP contribution < -0.4 is 9.47 Å². The Bertz CT molecular complexity index is 651. The molecule has 116 valence electrons. The second-order valence-corrected chi connectivity index (χ2v) is 6.22. The lowest BCUT2D eigenvalue weighted by atomic mass is 10.0. The van der Waals surface area contributed by atoms with E-state index < -0.39 is 5.97 Å². The quantitative estimate of drug-likeness (QED) is 0.562. The zero-order valence-electron chi connectivity index (χ0n) is 12.9. The second kappa shape index (κ2) is 7.45. The lowest BCUT2D eigenvalue weighted by Crippen LogP contribution is -2.18. The third-order valence-corrected chi connectivity index (χ3v) is 4.09. The molecule has 2 aromatic rings. The minimum absolute atomic E-state index is 0.115. The molecule has 0 bridgehead atoms. The number of hydrogen-bond donors (Lipinski definition) is 0. The number of ether oxygens (including phenoxy) is 2. The SMILES string of the molecule is Cc1cc(OCC(=O)Oc2ccccc2)c(C(C)C)cc1Br. The van der Waals surface area contributed by atoms with Crippen LogP contribution in [0.3, 0.4) is 0 Å². The average Bonchev–Trinajstić information content (AvgIpc) is 2.49. The Morgan fingerprint density at radius 1 is 1.18 bits per heavy atom. The lowest BCUT2D eigenvalue weighted by Gasteiger charge is -2.15. The minimum atomic E-state index is -0.415. The van der Waals surface area contributed by atoms with Gasteiger partial charge in [0.05, 0.1) is 0 Å². The molecule has 0 aliphatic carbocycles. The highest BCUT2D eigenvalue weighted by atomic mass is 79.9. The Hall–Kier alpha value is -1.81. The van der Waals surface area contributed by atoms with Gasteiger partial charge < -0.3 is 9.47 Å². The summed E-state index contributed by atoms with van der Waals surface area (Å²) >= 11 is 3.53. The van der Waals surface area contributed by atoms with Crippen molar-refractivity contribution < 1.29 is 14.3 Å². The van der Waals surface area contributed by atoms with E-state index in [1.165, 1.54) is 0 Å². The maximum absolute atomic E-state index is 11.9. The van der Waals surface area contributed by atoms with Gasteiger partial charge in [-0.05, 0) is 48.2 Å². The van der Waals surface area contributed by atoms with Crippen molar-refractivity contribution in [3.63, 3.8) is 0 Å². The fraction of sp³-hybridized carbons (Fsp3) is 0.278. The molecule has 0 saturated carbocycles. The van der Waals surface area contributed by atoms with Crippen molar-refractivity contribution in [2.45, 2.75) is 26.7 Å². The zero-order chi connectivity index (χ0) is 16.1. The standard InChI is InChI=1S/C18H19BrO3/c1-12(2)15-10-16(19)13(3)9-17(15)21-11-18(20)22-14-7-5-4-6-8-14/h4-10,12H,11H2,1-3H3. The largest absolute Gasteiger partial charge is 0.482 e. The predicted octanol–water partition coefficient (Wildman–Crippen LogP) is 4.87. The van der Waals surface area contributed by atoms with Crippen molar-refractivity contribution in [3.8, 4) is 11.5 Å². The van der Waals surface area contributed by atoms with Gasteiger partial charge in [-0.2, -0.15) is 0 Å². The first-order valence-corrected chi connectivity index (χ1v) is 7.95. The Balaban J connectivity index is 2.05. The van der Waals surface area contributed by atoms with Crippen LogP contribution in [0.4, 0.5) is 0 Å². The summed E-state index contributed by atoms with van der Waals surface area (Å²) < 4.78 is 11.9. The zero-order valence-corrected chi connectivity index (χ0v) is 14.5. The fourth-order valence-electron chi connectivity index (χ4n) is 2.03. The summed E-state index contributed by atoms with van der Waals surface area (Å²) in [4.78, 5) is 11.9. The molecule has 0 atom stereocenters. The molecule has 0 fully saturated rings. The molecule has 4 heteroatoms. The third kappa shape index (κ3) is 4.34. The summed E-state index contributed by atoms with van der Waals surface area (Å²) in [5, 5.41) is 0. The molecule has 22 heavy (non-hydrogen) atoms. The van der Waals surface area contributed by atoms with E-state index in [0.717, 1.165) is 21.3 Å². The number of halogens is 1. The molecule has 0 heterocycles. The van der Waals surface area contributed by atoms with Gasteiger partial charge in [-0.3, -0.25) is 0 Å². The smallest absolute Gasteiger partial charge is 0.349 e. The first-order chi connectivity index (χ1) is 10.5. The first kappa shape index (κ1) is 16.6. The fourth-order valence-corrected chi connectivity index (χ4v) is 2.39. The van der Waals surface area contributed by atoms with Gasteiger partial charge in [0.25, 0.3) is 0 Å². The van der Waals surface area contributed by atoms with Crippen LogP contribution in [0.25, 0.3) is 0 Å². The number of esters is 1. The molecule has 0 saturated heterocycles. The van der Waals surface area contributed by atoms with Crippen molar-refractivity contribution in [1.82, 2.24) is 0 Å². The Kier molecular flexibility index (Phi) is 5.61. The molecule has 0 aliphatic heterocycles. The van der Waals surface area contributed by atoms with Gasteiger partial charge in [0.15, 0.2) is 6.61 Å². The number of benzene rings is 2. The molecule has 0 unspecified atom stereocenters. The van der Waals surface area contributed by atoms with E-state index in [0.29, 0.717) is 11.7 Å². The third-order valence-electron chi connectivity index (χ3n) is 3.23. The van der Waals surface area contributed by atoms with Crippen LogP contribution in [-0.4, -0.2) is 12.6 Å². The number of hydrogen-bond acceptors (Lipinski definition) is 3.